The molecule has 4 nitrogen and oxygen atoms in total. The monoisotopic (exact) mass is 702 g/mol. The fourth-order valence-corrected chi connectivity index (χ4v) is 8.43. The zero-order valence-electron chi connectivity index (χ0n) is 29.9. The fourth-order valence-electron chi connectivity index (χ4n) is 8.43. The summed E-state index contributed by atoms with van der Waals surface area (Å²) in [6, 6.07) is 73.8. The van der Waals surface area contributed by atoms with Crippen molar-refractivity contribution in [2.24, 2.45) is 0 Å². The van der Waals surface area contributed by atoms with Crippen LogP contribution >= 0.6 is 0 Å². The third-order valence-corrected chi connectivity index (χ3v) is 10.9. The summed E-state index contributed by atoms with van der Waals surface area (Å²) >= 11 is 0. The Labute approximate surface area is 319 Å². The van der Waals surface area contributed by atoms with Crippen LogP contribution in [-0.4, -0.2) is 9.55 Å². The molecule has 0 unspecified atom stereocenters. The van der Waals surface area contributed by atoms with Gasteiger partial charge in [-0.05, 0) is 82.6 Å². The molecule has 0 atom stereocenters. The van der Waals surface area contributed by atoms with Gasteiger partial charge in [-0.3, -0.25) is 4.57 Å². The van der Waals surface area contributed by atoms with E-state index in [2.05, 4.69) is 215 Å². The Morgan fingerprint density at radius 3 is 1.31 bits per heavy atom. The summed E-state index contributed by atoms with van der Waals surface area (Å²) in [4.78, 5) is 9.98. The Balaban J connectivity index is 1.04. The Morgan fingerprint density at radius 1 is 0.309 bits per heavy atom. The number of aromatic nitrogens is 2. The minimum atomic E-state index is 0.932. The van der Waals surface area contributed by atoms with Gasteiger partial charge < -0.3 is 9.80 Å². The lowest BCUT2D eigenvalue weighted by molar-refractivity contribution is 1.10. The average molecular weight is 703 g/mol. The van der Waals surface area contributed by atoms with Gasteiger partial charge in [0, 0.05) is 33.4 Å². The first-order valence-corrected chi connectivity index (χ1v) is 18.7. The minimum Gasteiger partial charge on any atom is -0.306 e. The highest BCUT2D eigenvalue weighted by Gasteiger charge is 2.33. The molecule has 0 radical (unpaired) electrons. The number of imidazole rings is 1. The topological polar surface area (TPSA) is 24.3 Å². The first-order valence-electron chi connectivity index (χ1n) is 18.7. The number of benzene rings is 9. The van der Waals surface area contributed by atoms with Crippen molar-refractivity contribution >= 4 is 66.7 Å². The molecular formula is C51H34N4. The van der Waals surface area contributed by atoms with Crippen LogP contribution in [-0.2, 0) is 0 Å². The first kappa shape index (κ1) is 31.1. The van der Waals surface area contributed by atoms with E-state index in [1.54, 1.807) is 0 Å². The van der Waals surface area contributed by atoms with Crippen LogP contribution in [0.25, 0.3) is 60.8 Å². The van der Waals surface area contributed by atoms with Crippen molar-refractivity contribution < 1.29 is 0 Å². The van der Waals surface area contributed by atoms with Crippen molar-refractivity contribution in [3.05, 3.63) is 206 Å². The second-order valence-corrected chi connectivity index (χ2v) is 14.0. The summed E-state index contributed by atoms with van der Waals surface area (Å²) in [5, 5.41) is 4.92. The maximum atomic E-state index is 5.08. The molecule has 2 heterocycles. The predicted octanol–water partition coefficient (Wildman–Crippen LogP) is 13.9. The van der Waals surface area contributed by atoms with Gasteiger partial charge in [0.1, 0.15) is 5.82 Å². The molecule has 1 aromatic heterocycles. The van der Waals surface area contributed by atoms with E-state index in [1.165, 1.54) is 32.9 Å². The molecule has 0 spiro atoms. The molecule has 11 rings (SSSR count). The van der Waals surface area contributed by atoms with Gasteiger partial charge in [0.2, 0.25) is 0 Å². The highest BCUT2D eigenvalue weighted by atomic mass is 15.3. The average Bonchev–Trinajstić information content (AvgIpc) is 3.66. The van der Waals surface area contributed by atoms with Crippen LogP contribution in [0.5, 0.6) is 0 Å². The Kier molecular flexibility index (Phi) is 7.14. The quantitative estimate of drug-likeness (QED) is 0.167. The lowest BCUT2D eigenvalue weighted by atomic mass is 9.93. The number of para-hydroxylation sites is 6. The third-order valence-electron chi connectivity index (χ3n) is 10.9. The van der Waals surface area contributed by atoms with Crippen LogP contribution in [0.2, 0.25) is 0 Å². The standard InChI is InChI=1S/C51H34N4/c1-3-15-38(16-4-1)53-47-25-13-14-26-48(47)54(50-44-22-10-8-20-42(44)41-19-7-9-21-43(41)49(50)53)40-33-31-36(32-34-40)35-27-29-37(30-28-35)51-52-45-23-11-12-24-46(45)55(51)39-17-5-2-6-18-39/h1-34H. The van der Waals surface area contributed by atoms with E-state index in [-0.39, 0.29) is 0 Å². The number of hydrogen-bond donors (Lipinski definition) is 0. The molecule has 1 aliphatic rings. The van der Waals surface area contributed by atoms with Crippen molar-refractivity contribution in [1.82, 2.24) is 9.55 Å². The van der Waals surface area contributed by atoms with Gasteiger partial charge in [-0.2, -0.15) is 0 Å². The molecule has 0 aliphatic carbocycles. The highest BCUT2D eigenvalue weighted by Crippen LogP contribution is 2.59. The molecule has 4 heteroatoms. The summed E-state index contributed by atoms with van der Waals surface area (Å²) in [5.41, 5.74) is 13.4. The molecule has 55 heavy (non-hydrogen) atoms. The van der Waals surface area contributed by atoms with E-state index in [1.807, 2.05) is 6.07 Å². The number of hydrogen-bond acceptors (Lipinski definition) is 3. The van der Waals surface area contributed by atoms with Crippen LogP contribution in [0.1, 0.15) is 0 Å². The molecule has 10 aromatic rings. The summed E-state index contributed by atoms with van der Waals surface area (Å²) in [7, 11) is 0. The Hall–Kier alpha value is -7.43. The van der Waals surface area contributed by atoms with E-state index in [0.717, 1.165) is 62.0 Å². The fraction of sp³-hybridized carbons (Fsp3) is 0. The van der Waals surface area contributed by atoms with Gasteiger partial charge >= 0.3 is 0 Å². The van der Waals surface area contributed by atoms with Gasteiger partial charge in [-0.1, -0.05) is 146 Å². The smallest absolute Gasteiger partial charge is 0.145 e. The Morgan fingerprint density at radius 2 is 0.727 bits per heavy atom. The second-order valence-electron chi connectivity index (χ2n) is 14.0. The molecule has 1 aliphatic heterocycles. The molecule has 0 saturated heterocycles. The summed E-state index contributed by atoms with van der Waals surface area (Å²) < 4.78 is 2.25. The normalized spacial score (nSPS) is 12.3. The molecule has 9 aromatic carbocycles. The molecular weight excluding hydrogens is 669 g/mol. The van der Waals surface area contributed by atoms with Crippen LogP contribution in [0.3, 0.4) is 0 Å². The van der Waals surface area contributed by atoms with E-state index in [4.69, 9.17) is 4.98 Å². The van der Waals surface area contributed by atoms with Gasteiger partial charge in [-0.15, -0.1) is 0 Å². The van der Waals surface area contributed by atoms with Gasteiger partial charge in [-0.25, -0.2) is 4.98 Å². The van der Waals surface area contributed by atoms with E-state index >= 15 is 0 Å². The number of anilines is 6. The third kappa shape index (κ3) is 4.96. The van der Waals surface area contributed by atoms with Crippen molar-refractivity contribution in [3.8, 4) is 28.2 Å². The van der Waals surface area contributed by atoms with Crippen LogP contribution < -0.4 is 9.80 Å². The maximum absolute atomic E-state index is 5.08. The maximum Gasteiger partial charge on any atom is 0.145 e. The summed E-state index contributed by atoms with van der Waals surface area (Å²) in [6.45, 7) is 0. The molecule has 0 saturated carbocycles. The van der Waals surface area contributed by atoms with Gasteiger partial charge in [0.05, 0.1) is 33.8 Å². The highest BCUT2D eigenvalue weighted by molar-refractivity contribution is 6.25. The molecule has 0 amide bonds. The molecule has 258 valence electrons. The van der Waals surface area contributed by atoms with Crippen molar-refractivity contribution in [1.29, 1.82) is 0 Å². The molecule has 0 N–H and O–H groups in total. The Bertz CT molecular complexity index is 3020. The zero-order valence-corrected chi connectivity index (χ0v) is 29.9. The lowest BCUT2D eigenvalue weighted by Crippen LogP contribution is -2.24. The SMILES string of the molecule is c1ccc(N2c3ccccc3N(c3ccc(-c4ccc(-c5nc6ccccc6n5-c5ccccc5)cc4)cc3)c3c2c2ccccc2c2ccccc32)cc1. The van der Waals surface area contributed by atoms with Crippen LogP contribution in [0, 0.1) is 0 Å². The van der Waals surface area contributed by atoms with Crippen LogP contribution in [0.4, 0.5) is 34.1 Å². The van der Waals surface area contributed by atoms with Crippen molar-refractivity contribution in [2.45, 2.75) is 0 Å². The summed E-state index contributed by atoms with van der Waals surface area (Å²) in [6.07, 6.45) is 0. The van der Waals surface area contributed by atoms with Crippen molar-refractivity contribution in [2.75, 3.05) is 9.80 Å². The molecule has 0 fully saturated rings. The largest absolute Gasteiger partial charge is 0.306 e. The number of rotatable bonds is 5. The van der Waals surface area contributed by atoms with Crippen LogP contribution in [0.15, 0.2) is 206 Å². The predicted molar refractivity (Wildman–Crippen MR) is 230 cm³/mol. The number of nitrogens with zero attached hydrogens (tertiary/aromatic N) is 4. The van der Waals surface area contributed by atoms with Crippen molar-refractivity contribution in [3.63, 3.8) is 0 Å². The van der Waals surface area contributed by atoms with E-state index < -0.39 is 0 Å². The second kappa shape index (κ2) is 12.6. The van der Waals surface area contributed by atoms with Gasteiger partial charge in [0.25, 0.3) is 0 Å². The minimum absolute atomic E-state index is 0.932. The van der Waals surface area contributed by atoms with Gasteiger partial charge in [0.15, 0.2) is 0 Å². The first-order chi connectivity index (χ1) is 27.3. The lowest BCUT2D eigenvalue weighted by Gasteiger charge is -2.42. The van der Waals surface area contributed by atoms with E-state index in [0.29, 0.717) is 0 Å². The van der Waals surface area contributed by atoms with E-state index in [9.17, 15) is 0 Å². The summed E-state index contributed by atoms with van der Waals surface area (Å²) in [5.74, 6) is 0.932. The number of fused-ring (bicyclic) bond motifs is 8. The zero-order chi connectivity index (χ0) is 36.3. The molecule has 0 bridgehead atoms.